The zero-order chi connectivity index (χ0) is 13.0. The summed E-state index contributed by atoms with van der Waals surface area (Å²) in [5, 5.41) is 8.50. The molecule has 2 aromatic heterocycles. The van der Waals surface area contributed by atoms with E-state index in [2.05, 4.69) is 46.8 Å². The lowest BCUT2D eigenvalue weighted by atomic mass is 9.96. The largest absolute Gasteiger partial charge is 0.330 e. The molecule has 0 aliphatic carbocycles. The number of aryl methyl sites for hydroxylation is 2. The molecule has 98 valence electrons. The molecule has 2 rings (SSSR count). The first-order chi connectivity index (χ1) is 8.74. The van der Waals surface area contributed by atoms with Crippen LogP contribution in [0.2, 0.25) is 0 Å². The zero-order valence-corrected chi connectivity index (χ0v) is 11.3. The molecule has 0 saturated heterocycles. The molecule has 2 aromatic rings. The average molecular weight is 246 g/mol. The Bertz CT molecular complexity index is 503. The van der Waals surface area contributed by atoms with Crippen LogP contribution < -0.4 is 5.73 Å². The number of rotatable bonds is 6. The number of fused-ring (bicyclic) bond motifs is 1. The Morgan fingerprint density at radius 1 is 1.33 bits per heavy atom. The van der Waals surface area contributed by atoms with Crippen molar-refractivity contribution in [2.24, 2.45) is 11.7 Å². The summed E-state index contributed by atoms with van der Waals surface area (Å²) < 4.78 is 2.09. The van der Waals surface area contributed by atoms with Gasteiger partial charge in [0.1, 0.15) is 5.82 Å². The molecule has 0 aromatic carbocycles. The summed E-state index contributed by atoms with van der Waals surface area (Å²) in [6.07, 6.45) is 6.47. The van der Waals surface area contributed by atoms with Crippen molar-refractivity contribution in [1.29, 1.82) is 0 Å². The number of hydrogen-bond donors (Lipinski definition) is 1. The molecular formula is C14H22N4. The molecule has 1 unspecified atom stereocenters. The van der Waals surface area contributed by atoms with Crippen molar-refractivity contribution in [1.82, 2.24) is 14.6 Å². The molecule has 0 radical (unpaired) electrons. The van der Waals surface area contributed by atoms with Crippen LogP contribution in [0.25, 0.3) is 5.65 Å². The second-order valence-corrected chi connectivity index (χ2v) is 4.94. The fourth-order valence-electron chi connectivity index (χ4n) is 2.33. The van der Waals surface area contributed by atoms with Crippen molar-refractivity contribution in [3.63, 3.8) is 0 Å². The molecule has 2 heterocycles. The molecule has 0 amide bonds. The van der Waals surface area contributed by atoms with Crippen LogP contribution in [-0.4, -0.2) is 21.1 Å². The zero-order valence-electron chi connectivity index (χ0n) is 11.3. The maximum atomic E-state index is 5.63. The van der Waals surface area contributed by atoms with Crippen LogP contribution in [0.15, 0.2) is 18.3 Å². The highest BCUT2D eigenvalue weighted by molar-refractivity contribution is 5.40. The Labute approximate surface area is 108 Å². The maximum absolute atomic E-state index is 5.63. The lowest BCUT2D eigenvalue weighted by Gasteiger charge is -2.12. The van der Waals surface area contributed by atoms with E-state index in [1.807, 2.05) is 0 Å². The molecule has 18 heavy (non-hydrogen) atoms. The molecule has 4 heteroatoms. The van der Waals surface area contributed by atoms with Crippen LogP contribution in [0.4, 0.5) is 0 Å². The highest BCUT2D eigenvalue weighted by Gasteiger charge is 2.09. The van der Waals surface area contributed by atoms with E-state index in [9.17, 15) is 0 Å². The lowest BCUT2D eigenvalue weighted by molar-refractivity contribution is 0.438. The Balaban J connectivity index is 2.07. The van der Waals surface area contributed by atoms with Crippen LogP contribution >= 0.6 is 0 Å². The van der Waals surface area contributed by atoms with Gasteiger partial charge in [0.2, 0.25) is 0 Å². The van der Waals surface area contributed by atoms with E-state index < -0.39 is 0 Å². The van der Waals surface area contributed by atoms with Crippen molar-refractivity contribution in [3.8, 4) is 0 Å². The van der Waals surface area contributed by atoms with E-state index >= 15 is 0 Å². The van der Waals surface area contributed by atoms with Gasteiger partial charge in [-0.1, -0.05) is 13.3 Å². The summed E-state index contributed by atoms with van der Waals surface area (Å²) in [6.45, 7) is 5.08. The fraction of sp³-hybridized carbons (Fsp3) is 0.571. The van der Waals surface area contributed by atoms with Crippen LogP contribution in [0.5, 0.6) is 0 Å². The Morgan fingerprint density at radius 3 is 2.89 bits per heavy atom. The highest BCUT2D eigenvalue weighted by Crippen LogP contribution is 2.16. The van der Waals surface area contributed by atoms with Crippen molar-refractivity contribution in [2.75, 3.05) is 6.54 Å². The summed E-state index contributed by atoms with van der Waals surface area (Å²) >= 11 is 0. The number of nitrogens with zero attached hydrogens (tertiary/aromatic N) is 3. The first-order valence-corrected chi connectivity index (χ1v) is 6.75. The molecule has 2 N–H and O–H groups in total. The van der Waals surface area contributed by atoms with Gasteiger partial charge in [-0.25, -0.2) is 0 Å². The molecule has 0 spiro atoms. The second-order valence-electron chi connectivity index (χ2n) is 4.94. The lowest BCUT2D eigenvalue weighted by Crippen LogP contribution is -2.09. The molecule has 0 fully saturated rings. The van der Waals surface area contributed by atoms with Crippen molar-refractivity contribution < 1.29 is 0 Å². The average Bonchev–Trinajstić information content (AvgIpc) is 2.76. The SMILES string of the molecule is CCC(CCN)CCc1nnc2cc(C)ccn12. The van der Waals surface area contributed by atoms with Gasteiger partial charge in [0, 0.05) is 12.6 Å². The predicted molar refractivity (Wildman–Crippen MR) is 73.5 cm³/mol. The third-order valence-electron chi connectivity index (χ3n) is 3.56. The molecule has 0 aliphatic heterocycles. The first kappa shape index (κ1) is 13.0. The second kappa shape index (κ2) is 5.96. The smallest absolute Gasteiger partial charge is 0.161 e. The summed E-state index contributed by atoms with van der Waals surface area (Å²) in [6, 6.07) is 4.16. The van der Waals surface area contributed by atoms with Crippen LogP contribution in [0.3, 0.4) is 0 Å². The minimum absolute atomic E-state index is 0.702. The van der Waals surface area contributed by atoms with Crippen LogP contribution in [0.1, 0.15) is 37.6 Å². The van der Waals surface area contributed by atoms with Gasteiger partial charge in [-0.05, 0) is 49.9 Å². The molecule has 0 saturated carbocycles. The summed E-state index contributed by atoms with van der Waals surface area (Å²) in [5.74, 6) is 1.76. The van der Waals surface area contributed by atoms with E-state index in [0.29, 0.717) is 5.92 Å². The van der Waals surface area contributed by atoms with E-state index in [1.54, 1.807) is 0 Å². The van der Waals surface area contributed by atoms with E-state index in [1.165, 1.54) is 12.0 Å². The van der Waals surface area contributed by atoms with Gasteiger partial charge in [-0.15, -0.1) is 10.2 Å². The van der Waals surface area contributed by atoms with Crippen molar-refractivity contribution in [2.45, 2.75) is 39.5 Å². The maximum Gasteiger partial charge on any atom is 0.161 e. The van der Waals surface area contributed by atoms with E-state index in [4.69, 9.17) is 5.73 Å². The van der Waals surface area contributed by atoms with Gasteiger partial charge in [-0.2, -0.15) is 0 Å². The Morgan fingerprint density at radius 2 is 2.17 bits per heavy atom. The van der Waals surface area contributed by atoms with Crippen molar-refractivity contribution in [3.05, 3.63) is 29.7 Å². The van der Waals surface area contributed by atoms with E-state index in [0.717, 1.165) is 37.3 Å². The van der Waals surface area contributed by atoms with Gasteiger partial charge >= 0.3 is 0 Å². The summed E-state index contributed by atoms with van der Waals surface area (Å²) in [5.41, 5.74) is 7.79. The highest BCUT2D eigenvalue weighted by atomic mass is 15.2. The quantitative estimate of drug-likeness (QED) is 0.851. The molecular weight excluding hydrogens is 224 g/mol. The van der Waals surface area contributed by atoms with E-state index in [-0.39, 0.29) is 0 Å². The first-order valence-electron chi connectivity index (χ1n) is 6.75. The van der Waals surface area contributed by atoms with Crippen molar-refractivity contribution >= 4 is 5.65 Å². The normalized spacial score (nSPS) is 13.1. The third kappa shape index (κ3) is 2.88. The molecule has 4 nitrogen and oxygen atoms in total. The fourth-order valence-corrected chi connectivity index (χ4v) is 2.33. The van der Waals surface area contributed by atoms with Gasteiger partial charge in [0.15, 0.2) is 5.65 Å². The van der Waals surface area contributed by atoms with Gasteiger partial charge in [-0.3, -0.25) is 4.40 Å². The third-order valence-corrected chi connectivity index (χ3v) is 3.56. The van der Waals surface area contributed by atoms with Crippen LogP contribution in [0, 0.1) is 12.8 Å². The standard InChI is InChI=1S/C14H22N4/c1-3-12(6-8-15)4-5-13-16-17-14-10-11(2)7-9-18(13)14/h7,9-10,12H,3-6,8,15H2,1-2H3. The number of hydrogen-bond acceptors (Lipinski definition) is 3. The van der Waals surface area contributed by atoms with Gasteiger partial charge in [0.05, 0.1) is 0 Å². The minimum Gasteiger partial charge on any atom is -0.330 e. The number of pyridine rings is 1. The monoisotopic (exact) mass is 246 g/mol. The predicted octanol–water partition coefficient (Wildman–Crippen LogP) is 2.35. The van der Waals surface area contributed by atoms with Gasteiger partial charge < -0.3 is 5.73 Å². The Kier molecular flexibility index (Phi) is 4.31. The molecule has 0 bridgehead atoms. The number of aromatic nitrogens is 3. The molecule has 1 atom stereocenters. The number of nitrogens with two attached hydrogens (primary N) is 1. The van der Waals surface area contributed by atoms with Gasteiger partial charge in [0.25, 0.3) is 0 Å². The summed E-state index contributed by atoms with van der Waals surface area (Å²) in [4.78, 5) is 0. The minimum atomic E-state index is 0.702. The Hall–Kier alpha value is -1.42. The molecule has 0 aliphatic rings. The summed E-state index contributed by atoms with van der Waals surface area (Å²) in [7, 11) is 0. The van der Waals surface area contributed by atoms with Crippen LogP contribution in [-0.2, 0) is 6.42 Å². The topological polar surface area (TPSA) is 56.2 Å².